The maximum Gasteiger partial charge on any atom is 0.410 e. The van der Waals surface area contributed by atoms with Crippen molar-refractivity contribution in [3.8, 4) is 0 Å². The largest absolute Gasteiger partial charge is 0.478 e. The molecule has 1 N–H and O–H groups in total. The Kier molecular flexibility index (Phi) is 8.06. The maximum atomic E-state index is 12.3. The first-order valence-electron chi connectivity index (χ1n) is 9.14. The molecule has 0 aromatic heterocycles. The Labute approximate surface area is 164 Å². The van der Waals surface area contributed by atoms with Crippen LogP contribution in [0, 0.1) is 0 Å². The van der Waals surface area contributed by atoms with E-state index in [2.05, 4.69) is 0 Å². The van der Waals surface area contributed by atoms with Crippen molar-refractivity contribution in [1.29, 1.82) is 0 Å². The molecule has 0 spiro atoms. The Morgan fingerprint density at radius 1 is 1.11 bits per heavy atom. The minimum Gasteiger partial charge on any atom is -0.478 e. The molecule has 0 bridgehead atoms. The fourth-order valence-electron chi connectivity index (χ4n) is 2.70. The standard InChI is InChI=1S/C19H27N3O6/c1-20(18(25)22-10-12-27-13-11-22)8-9-21(2)19(26)28-16(17(23)24)14-15-6-4-3-5-7-15/h3-7,16H,8-14H2,1-2H3,(H,23,24). The van der Waals surface area contributed by atoms with E-state index in [9.17, 15) is 19.5 Å². The van der Waals surface area contributed by atoms with Crippen molar-refractivity contribution in [2.24, 2.45) is 0 Å². The molecule has 1 aromatic rings. The molecule has 1 unspecified atom stereocenters. The number of benzene rings is 1. The number of ether oxygens (including phenoxy) is 2. The zero-order valence-electron chi connectivity index (χ0n) is 16.2. The number of amides is 3. The summed E-state index contributed by atoms with van der Waals surface area (Å²) in [5.41, 5.74) is 0.765. The third-order valence-electron chi connectivity index (χ3n) is 4.47. The van der Waals surface area contributed by atoms with Crippen LogP contribution in [0.5, 0.6) is 0 Å². The fourth-order valence-corrected chi connectivity index (χ4v) is 2.70. The summed E-state index contributed by atoms with van der Waals surface area (Å²) in [5, 5.41) is 9.34. The summed E-state index contributed by atoms with van der Waals surface area (Å²) < 4.78 is 10.4. The van der Waals surface area contributed by atoms with Crippen LogP contribution in [0.1, 0.15) is 5.56 Å². The number of nitrogens with zero attached hydrogens (tertiary/aromatic N) is 3. The number of rotatable bonds is 7. The molecule has 1 aliphatic heterocycles. The average molecular weight is 393 g/mol. The molecular weight excluding hydrogens is 366 g/mol. The normalized spacial score (nSPS) is 14.9. The van der Waals surface area contributed by atoms with Crippen molar-refractivity contribution in [3.63, 3.8) is 0 Å². The summed E-state index contributed by atoms with van der Waals surface area (Å²) in [6.45, 7) is 2.65. The van der Waals surface area contributed by atoms with Crippen molar-refractivity contribution in [2.75, 3.05) is 53.5 Å². The Bertz CT molecular complexity index is 663. The van der Waals surface area contributed by atoms with E-state index in [0.29, 0.717) is 32.8 Å². The van der Waals surface area contributed by atoms with E-state index < -0.39 is 18.2 Å². The number of urea groups is 1. The highest BCUT2D eigenvalue weighted by Gasteiger charge is 2.25. The summed E-state index contributed by atoms with van der Waals surface area (Å²) in [7, 11) is 3.17. The lowest BCUT2D eigenvalue weighted by Crippen LogP contribution is -2.48. The highest BCUT2D eigenvalue weighted by atomic mass is 16.6. The van der Waals surface area contributed by atoms with E-state index in [1.54, 1.807) is 36.2 Å². The summed E-state index contributed by atoms with van der Waals surface area (Å²) >= 11 is 0. The minimum atomic E-state index is -1.27. The quantitative estimate of drug-likeness (QED) is 0.746. The lowest BCUT2D eigenvalue weighted by molar-refractivity contribution is -0.147. The molecule has 9 nitrogen and oxygen atoms in total. The van der Waals surface area contributed by atoms with Crippen molar-refractivity contribution in [2.45, 2.75) is 12.5 Å². The number of hydrogen-bond acceptors (Lipinski definition) is 5. The molecule has 1 fully saturated rings. The first-order valence-corrected chi connectivity index (χ1v) is 9.14. The number of carboxylic acids is 1. The summed E-state index contributed by atoms with van der Waals surface area (Å²) in [5.74, 6) is -1.20. The molecule has 1 heterocycles. The molecule has 154 valence electrons. The molecule has 0 aliphatic carbocycles. The first kappa shape index (κ1) is 21.5. The Hall–Kier alpha value is -2.81. The molecular formula is C19H27N3O6. The van der Waals surface area contributed by atoms with Crippen LogP contribution in [0.25, 0.3) is 0 Å². The van der Waals surface area contributed by atoms with E-state index >= 15 is 0 Å². The molecule has 1 aliphatic rings. The highest BCUT2D eigenvalue weighted by Crippen LogP contribution is 2.08. The van der Waals surface area contributed by atoms with Gasteiger partial charge in [-0.3, -0.25) is 0 Å². The number of hydrogen-bond donors (Lipinski definition) is 1. The third-order valence-corrected chi connectivity index (χ3v) is 4.47. The topological polar surface area (TPSA) is 99.6 Å². The molecule has 2 rings (SSSR count). The van der Waals surface area contributed by atoms with Crippen molar-refractivity contribution in [1.82, 2.24) is 14.7 Å². The van der Waals surface area contributed by atoms with E-state index in [-0.39, 0.29) is 19.0 Å². The fraction of sp³-hybridized carbons (Fsp3) is 0.526. The van der Waals surface area contributed by atoms with Gasteiger partial charge in [0.2, 0.25) is 6.10 Å². The van der Waals surface area contributed by atoms with Crippen LogP contribution < -0.4 is 0 Å². The van der Waals surface area contributed by atoms with E-state index in [4.69, 9.17) is 9.47 Å². The number of likely N-dealkylation sites (N-methyl/N-ethyl adjacent to an activating group) is 2. The first-order chi connectivity index (χ1) is 13.4. The number of carbonyl (C=O) groups excluding carboxylic acids is 2. The zero-order valence-corrected chi connectivity index (χ0v) is 16.2. The second-order valence-electron chi connectivity index (χ2n) is 6.63. The van der Waals surface area contributed by atoms with Crippen LogP contribution in [0.3, 0.4) is 0 Å². The van der Waals surface area contributed by atoms with Crippen LogP contribution in [0.2, 0.25) is 0 Å². The predicted molar refractivity (Wildman–Crippen MR) is 101 cm³/mol. The summed E-state index contributed by atoms with van der Waals surface area (Å²) in [6, 6.07) is 8.85. The zero-order chi connectivity index (χ0) is 20.5. The maximum absolute atomic E-state index is 12.3. The minimum absolute atomic E-state index is 0.0885. The molecule has 9 heteroatoms. The lowest BCUT2D eigenvalue weighted by Gasteiger charge is -2.31. The molecule has 0 saturated carbocycles. The van der Waals surface area contributed by atoms with E-state index in [0.717, 1.165) is 5.56 Å². The molecule has 1 atom stereocenters. The van der Waals surface area contributed by atoms with Gasteiger partial charge in [0.1, 0.15) is 0 Å². The molecule has 1 saturated heterocycles. The average Bonchev–Trinajstić information content (AvgIpc) is 2.71. The molecule has 3 amide bonds. The van der Waals surface area contributed by atoms with E-state index in [1.165, 1.54) is 16.8 Å². The van der Waals surface area contributed by atoms with Gasteiger partial charge in [-0.15, -0.1) is 0 Å². The van der Waals surface area contributed by atoms with Gasteiger partial charge in [0.05, 0.1) is 13.2 Å². The summed E-state index contributed by atoms with van der Waals surface area (Å²) in [4.78, 5) is 40.5. The molecule has 1 aromatic carbocycles. The van der Waals surface area contributed by atoms with Crippen molar-refractivity contribution >= 4 is 18.1 Å². The molecule has 0 radical (unpaired) electrons. The second kappa shape index (κ2) is 10.5. The number of carboxylic acid groups (broad SMARTS) is 1. The highest BCUT2D eigenvalue weighted by molar-refractivity contribution is 5.77. The van der Waals surface area contributed by atoms with Crippen LogP contribution in [-0.2, 0) is 20.7 Å². The van der Waals surface area contributed by atoms with Gasteiger partial charge in [-0.25, -0.2) is 14.4 Å². The van der Waals surface area contributed by atoms with Gasteiger partial charge < -0.3 is 29.3 Å². The van der Waals surface area contributed by atoms with Crippen molar-refractivity contribution < 1.29 is 29.0 Å². The van der Waals surface area contributed by atoms with Gasteiger partial charge in [-0.1, -0.05) is 30.3 Å². The SMILES string of the molecule is CN(CCN(C)C(=O)N1CCOCC1)C(=O)OC(Cc1ccccc1)C(=O)O. The van der Waals surface area contributed by atoms with Gasteiger partial charge in [0.15, 0.2) is 0 Å². The van der Waals surface area contributed by atoms with E-state index in [1.807, 2.05) is 6.07 Å². The molecule has 28 heavy (non-hydrogen) atoms. The van der Waals surface area contributed by atoms with Crippen LogP contribution in [-0.4, -0.2) is 97.5 Å². The van der Waals surface area contributed by atoms with Gasteiger partial charge in [-0.2, -0.15) is 0 Å². The second-order valence-corrected chi connectivity index (χ2v) is 6.63. The monoisotopic (exact) mass is 393 g/mol. The van der Waals surface area contributed by atoms with Gasteiger partial charge in [-0.05, 0) is 5.56 Å². The predicted octanol–water partition coefficient (Wildman–Crippen LogP) is 1.13. The summed E-state index contributed by atoms with van der Waals surface area (Å²) in [6.07, 6.45) is -1.92. The van der Waals surface area contributed by atoms with Gasteiger partial charge >= 0.3 is 18.1 Å². The Morgan fingerprint density at radius 3 is 2.32 bits per heavy atom. The number of carbonyl (C=O) groups is 3. The van der Waals surface area contributed by atoms with Crippen LogP contribution in [0.15, 0.2) is 30.3 Å². The van der Waals surface area contributed by atoms with Gasteiger partial charge in [0, 0.05) is 46.7 Å². The van der Waals surface area contributed by atoms with Crippen molar-refractivity contribution in [3.05, 3.63) is 35.9 Å². The number of morpholine rings is 1. The van der Waals surface area contributed by atoms with Gasteiger partial charge in [0.25, 0.3) is 0 Å². The lowest BCUT2D eigenvalue weighted by atomic mass is 10.1. The smallest absolute Gasteiger partial charge is 0.410 e. The Balaban J connectivity index is 1.81. The van der Waals surface area contributed by atoms with Crippen LogP contribution in [0.4, 0.5) is 9.59 Å². The number of aliphatic carboxylic acids is 1. The van der Waals surface area contributed by atoms with Crippen LogP contribution >= 0.6 is 0 Å². The third kappa shape index (κ3) is 6.41. The Morgan fingerprint density at radius 2 is 1.71 bits per heavy atom.